The molecule has 1 aliphatic rings. The van der Waals surface area contributed by atoms with Crippen molar-refractivity contribution in [1.82, 2.24) is 5.32 Å². The van der Waals surface area contributed by atoms with E-state index < -0.39 is 0 Å². The Labute approximate surface area is 87.9 Å². The summed E-state index contributed by atoms with van der Waals surface area (Å²) in [6.45, 7) is 3.43. The van der Waals surface area contributed by atoms with Crippen molar-refractivity contribution >= 4 is 11.6 Å². The number of rotatable bonds is 2. The summed E-state index contributed by atoms with van der Waals surface area (Å²) in [5, 5.41) is 2.72. The van der Waals surface area contributed by atoms with E-state index in [2.05, 4.69) is 12.2 Å². The average Bonchev–Trinajstić information content (AvgIpc) is 2.23. The molecule has 1 amide bonds. The highest BCUT2D eigenvalue weighted by Crippen LogP contribution is 2.24. The molecule has 1 N–H and O–H groups in total. The molecule has 80 valence electrons. The molecule has 1 aliphatic heterocycles. The summed E-state index contributed by atoms with van der Waals surface area (Å²) >= 11 is 0. The number of amides is 1. The van der Waals surface area contributed by atoms with Crippen LogP contribution in [0, 0.1) is 5.82 Å². The predicted octanol–water partition coefficient (Wildman–Crippen LogP) is 1.74. The zero-order valence-electron chi connectivity index (χ0n) is 8.59. The number of anilines is 1. The first-order valence-corrected chi connectivity index (χ1v) is 5.05. The molecule has 0 spiro atoms. The molecule has 0 unspecified atom stereocenters. The van der Waals surface area contributed by atoms with Gasteiger partial charge in [-0.2, -0.15) is 0 Å². The highest BCUT2D eigenvalue weighted by atomic mass is 19.1. The molecule has 1 heterocycles. The maximum Gasteiger partial charge on any atom is 0.254 e. The zero-order chi connectivity index (χ0) is 10.8. The lowest BCUT2D eigenvalue weighted by Crippen LogP contribution is -2.43. The molecule has 2 rings (SSSR count). The fraction of sp³-hybridized carbons (Fsp3) is 0.364. The molecular weight excluding hydrogens is 195 g/mol. The molecule has 0 aliphatic carbocycles. The second kappa shape index (κ2) is 3.88. The van der Waals surface area contributed by atoms with Crippen LogP contribution in [0.5, 0.6) is 0 Å². The third-order valence-electron chi connectivity index (χ3n) is 2.47. The van der Waals surface area contributed by atoms with Crippen LogP contribution < -0.4 is 10.2 Å². The largest absolute Gasteiger partial charge is 0.353 e. The number of fused-ring (bicyclic) bond motifs is 1. The molecule has 0 atom stereocenters. The van der Waals surface area contributed by atoms with E-state index in [1.54, 1.807) is 6.07 Å². The van der Waals surface area contributed by atoms with Crippen molar-refractivity contribution in [1.29, 1.82) is 0 Å². The summed E-state index contributed by atoms with van der Waals surface area (Å²) < 4.78 is 13.0. The number of carbonyl (C=O) groups excluding carboxylic acids is 1. The van der Waals surface area contributed by atoms with Crippen molar-refractivity contribution in [3.8, 4) is 0 Å². The van der Waals surface area contributed by atoms with E-state index in [0.29, 0.717) is 12.2 Å². The van der Waals surface area contributed by atoms with E-state index in [1.165, 1.54) is 12.1 Å². The second-order valence-electron chi connectivity index (χ2n) is 3.59. The lowest BCUT2D eigenvalue weighted by Gasteiger charge is -2.30. The lowest BCUT2D eigenvalue weighted by atomic mass is 10.1. The van der Waals surface area contributed by atoms with Gasteiger partial charge in [0.25, 0.3) is 5.91 Å². The molecule has 3 nitrogen and oxygen atoms in total. The molecule has 0 saturated carbocycles. The Kier molecular flexibility index (Phi) is 2.58. The van der Waals surface area contributed by atoms with E-state index in [0.717, 1.165) is 18.7 Å². The minimum Gasteiger partial charge on any atom is -0.353 e. The Balaban J connectivity index is 2.41. The second-order valence-corrected chi connectivity index (χ2v) is 3.59. The summed E-state index contributed by atoms with van der Waals surface area (Å²) in [4.78, 5) is 13.5. The van der Waals surface area contributed by atoms with Crippen LogP contribution in [0.3, 0.4) is 0 Å². The van der Waals surface area contributed by atoms with Crippen molar-refractivity contribution in [2.24, 2.45) is 0 Å². The highest BCUT2D eigenvalue weighted by Gasteiger charge is 2.22. The summed E-state index contributed by atoms with van der Waals surface area (Å²) in [7, 11) is 0. The van der Waals surface area contributed by atoms with Gasteiger partial charge in [0.1, 0.15) is 5.82 Å². The first kappa shape index (κ1) is 9.96. The lowest BCUT2D eigenvalue weighted by molar-refractivity contribution is 0.0947. The summed E-state index contributed by atoms with van der Waals surface area (Å²) in [5.41, 5.74) is 1.25. The van der Waals surface area contributed by atoms with E-state index >= 15 is 0 Å². The number of nitrogens with one attached hydrogen (secondary N) is 1. The molecular formula is C11H13FN2O. The number of hydrogen-bond acceptors (Lipinski definition) is 2. The van der Waals surface area contributed by atoms with Crippen LogP contribution >= 0.6 is 0 Å². The number of halogens is 1. The van der Waals surface area contributed by atoms with E-state index in [9.17, 15) is 9.18 Å². The summed E-state index contributed by atoms with van der Waals surface area (Å²) in [5.74, 6) is -0.570. The highest BCUT2D eigenvalue weighted by molar-refractivity contribution is 6.01. The van der Waals surface area contributed by atoms with Gasteiger partial charge in [0.05, 0.1) is 17.9 Å². The van der Waals surface area contributed by atoms with Crippen LogP contribution in [0.4, 0.5) is 10.1 Å². The molecule has 0 radical (unpaired) electrons. The number of carbonyl (C=O) groups is 1. The smallest absolute Gasteiger partial charge is 0.254 e. The molecule has 4 heteroatoms. The van der Waals surface area contributed by atoms with Gasteiger partial charge >= 0.3 is 0 Å². The standard InChI is InChI=1S/C11H13FN2O/c1-2-5-14-7-13-11(15)9-6-8(12)3-4-10(9)14/h3-4,6H,2,5,7H2,1H3,(H,13,15). The van der Waals surface area contributed by atoms with Gasteiger partial charge in [-0.25, -0.2) is 4.39 Å². The van der Waals surface area contributed by atoms with Crippen molar-refractivity contribution < 1.29 is 9.18 Å². The molecule has 0 fully saturated rings. The van der Waals surface area contributed by atoms with Gasteiger partial charge < -0.3 is 10.2 Å². The Morgan fingerprint density at radius 1 is 1.53 bits per heavy atom. The van der Waals surface area contributed by atoms with Gasteiger partial charge in [0.15, 0.2) is 0 Å². The SMILES string of the molecule is CCCN1CNC(=O)c2cc(F)ccc21. The van der Waals surface area contributed by atoms with Crippen LogP contribution in [0.25, 0.3) is 0 Å². The summed E-state index contributed by atoms with van der Waals surface area (Å²) in [6.07, 6.45) is 0.993. The first-order valence-electron chi connectivity index (χ1n) is 5.05. The predicted molar refractivity (Wildman–Crippen MR) is 56.4 cm³/mol. The average molecular weight is 208 g/mol. The van der Waals surface area contributed by atoms with Crippen LogP contribution in [-0.4, -0.2) is 19.1 Å². The maximum atomic E-state index is 13.0. The number of nitrogens with zero attached hydrogens (tertiary/aromatic N) is 1. The molecule has 1 aromatic carbocycles. The van der Waals surface area contributed by atoms with E-state index in [4.69, 9.17) is 0 Å². The van der Waals surface area contributed by atoms with E-state index in [1.807, 2.05) is 4.90 Å². The first-order chi connectivity index (χ1) is 7.22. The quantitative estimate of drug-likeness (QED) is 0.803. The van der Waals surface area contributed by atoms with Gasteiger partial charge in [0, 0.05) is 6.54 Å². The van der Waals surface area contributed by atoms with Crippen molar-refractivity contribution in [3.63, 3.8) is 0 Å². The third kappa shape index (κ3) is 1.79. The van der Waals surface area contributed by atoms with Gasteiger partial charge in [-0.1, -0.05) is 6.92 Å². The van der Waals surface area contributed by atoms with Crippen LogP contribution in [0.15, 0.2) is 18.2 Å². The minimum absolute atomic E-state index is 0.197. The molecule has 1 aromatic rings. The molecule has 0 bridgehead atoms. The van der Waals surface area contributed by atoms with E-state index in [-0.39, 0.29) is 11.7 Å². The van der Waals surface area contributed by atoms with Crippen LogP contribution in [-0.2, 0) is 0 Å². The van der Waals surface area contributed by atoms with Gasteiger partial charge in [-0.15, -0.1) is 0 Å². The summed E-state index contributed by atoms with van der Waals surface area (Å²) in [6, 6.07) is 4.34. The third-order valence-corrected chi connectivity index (χ3v) is 2.47. The molecule has 15 heavy (non-hydrogen) atoms. The van der Waals surface area contributed by atoms with Crippen molar-refractivity contribution in [2.45, 2.75) is 13.3 Å². The van der Waals surface area contributed by atoms with Crippen molar-refractivity contribution in [3.05, 3.63) is 29.6 Å². The Morgan fingerprint density at radius 2 is 2.33 bits per heavy atom. The normalized spacial score (nSPS) is 14.8. The maximum absolute atomic E-state index is 13.0. The van der Waals surface area contributed by atoms with Crippen LogP contribution in [0.1, 0.15) is 23.7 Å². The molecule has 0 aromatic heterocycles. The monoisotopic (exact) mass is 208 g/mol. The van der Waals surface area contributed by atoms with Gasteiger partial charge in [-0.05, 0) is 24.6 Å². The van der Waals surface area contributed by atoms with Gasteiger partial charge in [-0.3, -0.25) is 4.79 Å². The number of benzene rings is 1. The van der Waals surface area contributed by atoms with Crippen molar-refractivity contribution in [2.75, 3.05) is 18.1 Å². The van der Waals surface area contributed by atoms with Crippen LogP contribution in [0.2, 0.25) is 0 Å². The van der Waals surface area contributed by atoms with Gasteiger partial charge in [0.2, 0.25) is 0 Å². The number of hydrogen-bond donors (Lipinski definition) is 1. The Morgan fingerprint density at radius 3 is 3.07 bits per heavy atom. The Hall–Kier alpha value is -1.58. The molecule has 0 saturated heterocycles. The minimum atomic E-state index is -0.373. The zero-order valence-corrected chi connectivity index (χ0v) is 8.59. The fourth-order valence-electron chi connectivity index (χ4n) is 1.78. The fourth-order valence-corrected chi connectivity index (χ4v) is 1.78. The Bertz CT molecular complexity index is 392. The topological polar surface area (TPSA) is 32.3 Å².